The Balaban J connectivity index is 1.38. The van der Waals surface area contributed by atoms with Crippen molar-refractivity contribution in [3.8, 4) is 11.3 Å². The Kier molecular flexibility index (Phi) is 6.49. The molecule has 3 N–H and O–H groups in total. The highest BCUT2D eigenvalue weighted by molar-refractivity contribution is 5.91. The SMILES string of the molecule is Cc1n[nH]cc1Nc1nccc(-c2ccc3c(c2)CCCC[C@H]3NC(=O)c2nnc(C(C)(C)C)n2C)n1. The third kappa shape index (κ3) is 5.09. The van der Waals surface area contributed by atoms with Crippen LogP contribution in [0.4, 0.5) is 11.6 Å². The van der Waals surface area contributed by atoms with Gasteiger partial charge in [-0.05, 0) is 49.4 Å². The van der Waals surface area contributed by atoms with Gasteiger partial charge in [0.05, 0.1) is 23.1 Å². The monoisotopic (exact) mass is 499 g/mol. The van der Waals surface area contributed by atoms with Crippen molar-refractivity contribution in [3.05, 3.63) is 65.1 Å². The molecule has 37 heavy (non-hydrogen) atoms. The molecule has 1 aromatic carbocycles. The van der Waals surface area contributed by atoms with Gasteiger partial charge in [0.15, 0.2) is 0 Å². The lowest BCUT2D eigenvalue weighted by Gasteiger charge is -2.20. The highest BCUT2D eigenvalue weighted by Crippen LogP contribution is 2.32. The maximum Gasteiger partial charge on any atom is 0.289 e. The van der Waals surface area contributed by atoms with Gasteiger partial charge >= 0.3 is 0 Å². The topological polar surface area (TPSA) is 126 Å². The summed E-state index contributed by atoms with van der Waals surface area (Å²) in [4.78, 5) is 22.3. The van der Waals surface area contributed by atoms with Crippen LogP contribution in [0.1, 0.15) is 79.3 Å². The molecule has 0 bridgehead atoms. The molecule has 10 heteroatoms. The molecule has 1 atom stereocenters. The van der Waals surface area contributed by atoms with Gasteiger partial charge in [0, 0.05) is 30.4 Å². The fourth-order valence-electron chi connectivity index (χ4n) is 4.88. The molecular formula is C27H33N9O. The number of nitrogens with zero attached hydrogens (tertiary/aromatic N) is 6. The molecule has 0 saturated heterocycles. The first kappa shape index (κ1) is 24.6. The second kappa shape index (κ2) is 9.76. The minimum atomic E-state index is -0.200. The molecule has 0 spiro atoms. The third-order valence-corrected chi connectivity index (χ3v) is 6.79. The number of hydrogen-bond donors (Lipinski definition) is 3. The van der Waals surface area contributed by atoms with Crippen LogP contribution in [0.15, 0.2) is 36.7 Å². The predicted octanol–water partition coefficient (Wildman–Crippen LogP) is 4.54. The van der Waals surface area contributed by atoms with Crippen LogP contribution in [-0.2, 0) is 18.9 Å². The molecule has 3 heterocycles. The fraction of sp³-hybridized carbons (Fsp3) is 0.407. The summed E-state index contributed by atoms with van der Waals surface area (Å²) in [6.07, 6.45) is 7.48. The van der Waals surface area contributed by atoms with Crippen LogP contribution in [0, 0.1) is 6.92 Å². The van der Waals surface area contributed by atoms with Gasteiger partial charge in [-0.15, -0.1) is 10.2 Å². The average Bonchev–Trinajstić information content (AvgIpc) is 3.39. The first-order valence-electron chi connectivity index (χ1n) is 12.6. The summed E-state index contributed by atoms with van der Waals surface area (Å²) >= 11 is 0. The summed E-state index contributed by atoms with van der Waals surface area (Å²) in [7, 11) is 1.85. The van der Waals surface area contributed by atoms with Crippen molar-refractivity contribution in [1.82, 2.24) is 40.2 Å². The highest BCUT2D eigenvalue weighted by Gasteiger charge is 2.27. The van der Waals surface area contributed by atoms with E-state index in [1.807, 2.05) is 20.0 Å². The second-order valence-corrected chi connectivity index (χ2v) is 10.6. The number of carbonyl (C=O) groups excluding carboxylic acids is 1. The van der Waals surface area contributed by atoms with Gasteiger partial charge in [-0.2, -0.15) is 5.10 Å². The van der Waals surface area contributed by atoms with E-state index in [1.54, 1.807) is 17.0 Å². The van der Waals surface area contributed by atoms with E-state index in [1.165, 1.54) is 5.56 Å². The lowest BCUT2D eigenvalue weighted by Crippen LogP contribution is -2.31. The smallest absolute Gasteiger partial charge is 0.289 e. The number of anilines is 2. The lowest BCUT2D eigenvalue weighted by molar-refractivity contribution is 0.0920. The van der Waals surface area contributed by atoms with Crippen molar-refractivity contribution in [1.29, 1.82) is 0 Å². The summed E-state index contributed by atoms with van der Waals surface area (Å²) in [6.45, 7) is 8.10. The zero-order valence-corrected chi connectivity index (χ0v) is 22.0. The normalized spacial score (nSPS) is 15.6. The van der Waals surface area contributed by atoms with Gasteiger partial charge in [-0.25, -0.2) is 9.97 Å². The molecule has 0 saturated carbocycles. The average molecular weight is 500 g/mol. The molecule has 1 aliphatic rings. The molecule has 192 valence electrons. The standard InChI is InChI=1S/C27H33N9O/c1-16-22(15-29-33-16)32-26-28-13-12-20(31-26)18-10-11-19-17(14-18)8-6-7-9-21(19)30-24(37)23-34-35-25(36(23)5)27(2,3)4/h10-15,21H,6-9H2,1-5H3,(H,29,33)(H,30,37)(H,28,31,32)/t21-/m1/s1. The van der Waals surface area contributed by atoms with Gasteiger partial charge in [-0.1, -0.05) is 39.3 Å². The Morgan fingerprint density at radius 1 is 1.16 bits per heavy atom. The molecule has 1 aliphatic carbocycles. The quantitative estimate of drug-likeness (QED) is 0.344. The van der Waals surface area contributed by atoms with E-state index < -0.39 is 0 Å². The number of benzene rings is 1. The number of hydrogen-bond acceptors (Lipinski definition) is 7. The Bertz CT molecular complexity index is 1430. The fourth-order valence-corrected chi connectivity index (χ4v) is 4.88. The largest absolute Gasteiger partial charge is 0.343 e. The number of fused-ring (bicyclic) bond motifs is 1. The minimum Gasteiger partial charge on any atom is -0.343 e. The summed E-state index contributed by atoms with van der Waals surface area (Å²) in [5.41, 5.74) is 5.72. The van der Waals surface area contributed by atoms with E-state index in [0.29, 0.717) is 11.8 Å². The number of amides is 1. The molecule has 0 unspecified atom stereocenters. The van der Waals surface area contributed by atoms with Crippen LogP contribution in [0.25, 0.3) is 11.3 Å². The number of nitrogens with one attached hydrogen (secondary N) is 3. The van der Waals surface area contributed by atoms with Crippen LogP contribution in [0.5, 0.6) is 0 Å². The zero-order chi connectivity index (χ0) is 26.2. The minimum absolute atomic E-state index is 0.0828. The summed E-state index contributed by atoms with van der Waals surface area (Å²) < 4.78 is 1.79. The van der Waals surface area contributed by atoms with Gasteiger partial charge in [0.25, 0.3) is 5.91 Å². The number of rotatable bonds is 5. The predicted molar refractivity (Wildman–Crippen MR) is 142 cm³/mol. The van der Waals surface area contributed by atoms with Crippen LogP contribution in [-0.4, -0.2) is 40.8 Å². The number of H-pyrrole nitrogens is 1. The lowest BCUT2D eigenvalue weighted by atomic mass is 9.95. The van der Waals surface area contributed by atoms with E-state index in [4.69, 9.17) is 4.98 Å². The maximum absolute atomic E-state index is 13.2. The zero-order valence-electron chi connectivity index (χ0n) is 22.0. The molecule has 0 aliphatic heterocycles. The Labute approximate surface area is 216 Å². The van der Waals surface area contributed by atoms with E-state index in [2.05, 4.69) is 75.0 Å². The van der Waals surface area contributed by atoms with Crippen molar-refractivity contribution in [2.24, 2.45) is 7.05 Å². The van der Waals surface area contributed by atoms with Gasteiger partial charge in [0.2, 0.25) is 11.8 Å². The van der Waals surface area contributed by atoms with Gasteiger partial charge in [0.1, 0.15) is 5.82 Å². The van der Waals surface area contributed by atoms with Gasteiger partial charge < -0.3 is 15.2 Å². The van der Waals surface area contributed by atoms with E-state index in [9.17, 15) is 4.79 Å². The van der Waals surface area contributed by atoms with Crippen molar-refractivity contribution in [3.63, 3.8) is 0 Å². The second-order valence-electron chi connectivity index (χ2n) is 10.6. The number of aromatic nitrogens is 7. The first-order valence-corrected chi connectivity index (χ1v) is 12.6. The Morgan fingerprint density at radius 2 is 2.00 bits per heavy atom. The van der Waals surface area contributed by atoms with Crippen LogP contribution < -0.4 is 10.6 Å². The van der Waals surface area contributed by atoms with E-state index in [0.717, 1.165) is 59.7 Å². The molecular weight excluding hydrogens is 466 g/mol. The Hall–Kier alpha value is -4.08. The van der Waals surface area contributed by atoms with Crippen molar-refractivity contribution < 1.29 is 4.79 Å². The van der Waals surface area contributed by atoms with Crippen LogP contribution in [0.2, 0.25) is 0 Å². The summed E-state index contributed by atoms with van der Waals surface area (Å²) in [5.74, 6) is 1.43. The highest BCUT2D eigenvalue weighted by atomic mass is 16.2. The summed E-state index contributed by atoms with van der Waals surface area (Å²) in [6, 6.07) is 8.20. The molecule has 5 rings (SSSR count). The van der Waals surface area contributed by atoms with Crippen molar-refractivity contribution in [2.45, 2.75) is 64.8 Å². The third-order valence-electron chi connectivity index (χ3n) is 6.79. The summed E-state index contributed by atoms with van der Waals surface area (Å²) in [5, 5.41) is 21.9. The molecule has 0 fully saturated rings. The first-order chi connectivity index (χ1) is 17.7. The van der Waals surface area contributed by atoms with Crippen LogP contribution >= 0.6 is 0 Å². The molecule has 4 aromatic rings. The molecule has 1 amide bonds. The number of aryl methyl sites for hydroxylation is 2. The van der Waals surface area contributed by atoms with Crippen LogP contribution in [0.3, 0.4) is 0 Å². The number of aromatic amines is 1. The molecule has 10 nitrogen and oxygen atoms in total. The van der Waals surface area contributed by atoms with Gasteiger partial charge in [-0.3, -0.25) is 9.89 Å². The Morgan fingerprint density at radius 3 is 2.73 bits per heavy atom. The van der Waals surface area contributed by atoms with Crippen molar-refractivity contribution in [2.75, 3.05) is 5.32 Å². The van der Waals surface area contributed by atoms with E-state index >= 15 is 0 Å². The number of carbonyl (C=O) groups is 1. The molecule has 3 aromatic heterocycles. The molecule has 0 radical (unpaired) electrons. The maximum atomic E-state index is 13.2. The van der Waals surface area contributed by atoms with E-state index in [-0.39, 0.29) is 17.4 Å². The van der Waals surface area contributed by atoms with Crippen molar-refractivity contribution >= 4 is 17.5 Å².